The number of rotatable bonds is 4. The van der Waals surface area contributed by atoms with Gasteiger partial charge in [0.15, 0.2) is 0 Å². The molecule has 0 aliphatic carbocycles. The van der Waals surface area contributed by atoms with Crippen LogP contribution in [-0.2, 0) is 6.54 Å². The first kappa shape index (κ1) is 12.2. The average molecular weight is 246 g/mol. The highest BCUT2D eigenvalue weighted by Gasteiger charge is 2.15. The fourth-order valence-corrected chi connectivity index (χ4v) is 1.79. The SMILES string of the molecule is Cc1ccc(CNc2c(C)cccc2[N+](=O)[O-])o1. The maximum absolute atomic E-state index is 10.9. The molecule has 0 fully saturated rings. The van der Waals surface area contributed by atoms with E-state index in [1.807, 2.05) is 32.0 Å². The second kappa shape index (κ2) is 4.91. The van der Waals surface area contributed by atoms with E-state index >= 15 is 0 Å². The van der Waals surface area contributed by atoms with Gasteiger partial charge in [0.25, 0.3) is 5.69 Å². The number of nitrogens with one attached hydrogen (secondary N) is 1. The molecule has 0 aliphatic heterocycles. The number of hydrogen-bond acceptors (Lipinski definition) is 4. The Morgan fingerprint density at radius 1 is 1.28 bits per heavy atom. The first-order chi connectivity index (χ1) is 8.58. The van der Waals surface area contributed by atoms with Crippen molar-refractivity contribution in [2.45, 2.75) is 20.4 Å². The number of anilines is 1. The summed E-state index contributed by atoms with van der Waals surface area (Å²) in [5, 5.41) is 14.0. The van der Waals surface area contributed by atoms with E-state index in [0.717, 1.165) is 17.1 Å². The van der Waals surface area contributed by atoms with Crippen LogP contribution in [0.3, 0.4) is 0 Å². The summed E-state index contributed by atoms with van der Waals surface area (Å²) in [7, 11) is 0. The molecule has 1 N–H and O–H groups in total. The Labute approximate surface area is 105 Å². The molecule has 0 unspecified atom stereocenters. The standard InChI is InChI=1S/C13H14N2O3/c1-9-4-3-5-12(15(16)17)13(9)14-8-11-7-6-10(2)18-11/h3-7,14H,8H2,1-2H3. The predicted octanol–water partition coefficient (Wildman–Crippen LogP) is 3.42. The summed E-state index contributed by atoms with van der Waals surface area (Å²) in [6.45, 7) is 4.13. The molecular formula is C13H14N2O3. The second-order valence-electron chi connectivity index (χ2n) is 4.09. The van der Waals surface area contributed by atoms with Gasteiger partial charge >= 0.3 is 0 Å². The van der Waals surface area contributed by atoms with Crippen LogP contribution in [0.25, 0.3) is 0 Å². The van der Waals surface area contributed by atoms with Crippen LogP contribution in [0.15, 0.2) is 34.7 Å². The van der Waals surface area contributed by atoms with Crippen molar-refractivity contribution in [1.82, 2.24) is 0 Å². The summed E-state index contributed by atoms with van der Waals surface area (Å²) in [4.78, 5) is 10.5. The Kier molecular flexibility index (Phi) is 3.32. The van der Waals surface area contributed by atoms with Gasteiger partial charge in [0.1, 0.15) is 17.2 Å². The van der Waals surface area contributed by atoms with Crippen molar-refractivity contribution in [3.8, 4) is 0 Å². The van der Waals surface area contributed by atoms with E-state index in [1.54, 1.807) is 6.07 Å². The maximum atomic E-state index is 10.9. The molecule has 5 heteroatoms. The van der Waals surface area contributed by atoms with Crippen molar-refractivity contribution in [1.29, 1.82) is 0 Å². The van der Waals surface area contributed by atoms with Crippen LogP contribution >= 0.6 is 0 Å². The fraction of sp³-hybridized carbons (Fsp3) is 0.231. The quantitative estimate of drug-likeness (QED) is 0.663. The molecule has 0 amide bonds. The highest BCUT2D eigenvalue weighted by Crippen LogP contribution is 2.28. The molecular weight excluding hydrogens is 232 g/mol. The van der Waals surface area contributed by atoms with Crippen molar-refractivity contribution >= 4 is 11.4 Å². The summed E-state index contributed by atoms with van der Waals surface area (Å²) in [5.74, 6) is 1.58. The Bertz CT molecular complexity index is 575. The van der Waals surface area contributed by atoms with Gasteiger partial charge in [0, 0.05) is 6.07 Å². The molecule has 0 aliphatic rings. The highest BCUT2D eigenvalue weighted by atomic mass is 16.6. The minimum atomic E-state index is -0.386. The first-order valence-corrected chi connectivity index (χ1v) is 5.61. The molecule has 1 aromatic carbocycles. The van der Waals surface area contributed by atoms with Gasteiger partial charge < -0.3 is 9.73 Å². The molecule has 0 spiro atoms. The molecule has 1 heterocycles. The van der Waals surface area contributed by atoms with Gasteiger partial charge in [-0.15, -0.1) is 0 Å². The summed E-state index contributed by atoms with van der Waals surface area (Å²) in [6.07, 6.45) is 0. The molecule has 0 bridgehead atoms. The topological polar surface area (TPSA) is 68.3 Å². The van der Waals surface area contributed by atoms with Crippen molar-refractivity contribution in [2.24, 2.45) is 0 Å². The van der Waals surface area contributed by atoms with Crippen LogP contribution in [-0.4, -0.2) is 4.92 Å². The first-order valence-electron chi connectivity index (χ1n) is 5.61. The average Bonchev–Trinajstić information content (AvgIpc) is 2.73. The molecule has 0 atom stereocenters. The van der Waals surface area contributed by atoms with Gasteiger partial charge in [-0.1, -0.05) is 12.1 Å². The summed E-state index contributed by atoms with van der Waals surface area (Å²) in [5.41, 5.74) is 1.46. The van der Waals surface area contributed by atoms with Crippen molar-refractivity contribution in [3.05, 3.63) is 57.5 Å². The fourth-order valence-electron chi connectivity index (χ4n) is 1.79. The van der Waals surface area contributed by atoms with Crippen LogP contribution in [0.4, 0.5) is 11.4 Å². The Morgan fingerprint density at radius 3 is 2.67 bits per heavy atom. The van der Waals surface area contributed by atoms with E-state index in [4.69, 9.17) is 4.42 Å². The number of furan rings is 1. The van der Waals surface area contributed by atoms with Crippen LogP contribution in [0.1, 0.15) is 17.1 Å². The zero-order chi connectivity index (χ0) is 13.1. The van der Waals surface area contributed by atoms with E-state index in [-0.39, 0.29) is 10.6 Å². The van der Waals surface area contributed by atoms with E-state index in [2.05, 4.69) is 5.32 Å². The lowest BCUT2D eigenvalue weighted by atomic mass is 10.1. The molecule has 5 nitrogen and oxygen atoms in total. The molecule has 94 valence electrons. The molecule has 0 saturated heterocycles. The number of nitro groups is 1. The summed E-state index contributed by atoms with van der Waals surface area (Å²) < 4.78 is 5.41. The third-order valence-corrected chi connectivity index (χ3v) is 2.68. The van der Waals surface area contributed by atoms with E-state index in [1.165, 1.54) is 6.07 Å². The van der Waals surface area contributed by atoms with Gasteiger partial charge in [-0.25, -0.2) is 0 Å². The third kappa shape index (κ3) is 2.51. The van der Waals surface area contributed by atoms with Gasteiger partial charge in [0.05, 0.1) is 11.5 Å². The molecule has 0 saturated carbocycles. The predicted molar refractivity (Wildman–Crippen MR) is 68.6 cm³/mol. The normalized spacial score (nSPS) is 10.3. The van der Waals surface area contributed by atoms with Crippen LogP contribution in [0.5, 0.6) is 0 Å². The monoisotopic (exact) mass is 246 g/mol. The molecule has 18 heavy (non-hydrogen) atoms. The number of hydrogen-bond donors (Lipinski definition) is 1. The molecule has 0 radical (unpaired) electrons. The largest absolute Gasteiger partial charge is 0.465 e. The van der Waals surface area contributed by atoms with E-state index in [0.29, 0.717) is 12.2 Å². The van der Waals surface area contributed by atoms with Crippen LogP contribution in [0.2, 0.25) is 0 Å². The highest BCUT2D eigenvalue weighted by molar-refractivity contribution is 5.65. The van der Waals surface area contributed by atoms with Gasteiger partial charge in [-0.3, -0.25) is 10.1 Å². The lowest BCUT2D eigenvalue weighted by Gasteiger charge is -2.08. The third-order valence-electron chi connectivity index (χ3n) is 2.68. The smallest absolute Gasteiger partial charge is 0.292 e. The minimum Gasteiger partial charge on any atom is -0.465 e. The second-order valence-corrected chi connectivity index (χ2v) is 4.09. The zero-order valence-corrected chi connectivity index (χ0v) is 10.3. The summed E-state index contributed by atoms with van der Waals surface area (Å²) >= 11 is 0. The molecule has 2 aromatic rings. The number of nitro benzene ring substituents is 1. The molecule has 2 rings (SSSR count). The maximum Gasteiger partial charge on any atom is 0.292 e. The van der Waals surface area contributed by atoms with Crippen molar-refractivity contribution in [2.75, 3.05) is 5.32 Å². The lowest BCUT2D eigenvalue weighted by Crippen LogP contribution is -2.03. The Morgan fingerprint density at radius 2 is 2.06 bits per heavy atom. The number of aryl methyl sites for hydroxylation is 2. The Hall–Kier alpha value is -2.30. The van der Waals surface area contributed by atoms with E-state index < -0.39 is 0 Å². The van der Waals surface area contributed by atoms with Crippen LogP contribution < -0.4 is 5.32 Å². The van der Waals surface area contributed by atoms with E-state index in [9.17, 15) is 10.1 Å². The lowest BCUT2D eigenvalue weighted by molar-refractivity contribution is -0.384. The summed E-state index contributed by atoms with van der Waals surface area (Å²) in [6, 6.07) is 8.72. The molecule has 1 aromatic heterocycles. The minimum absolute atomic E-state index is 0.0817. The number of benzene rings is 1. The van der Waals surface area contributed by atoms with Crippen molar-refractivity contribution in [3.63, 3.8) is 0 Å². The van der Waals surface area contributed by atoms with Crippen molar-refractivity contribution < 1.29 is 9.34 Å². The van der Waals surface area contributed by atoms with Gasteiger partial charge in [-0.2, -0.15) is 0 Å². The zero-order valence-electron chi connectivity index (χ0n) is 10.3. The van der Waals surface area contributed by atoms with Gasteiger partial charge in [-0.05, 0) is 31.5 Å². The van der Waals surface area contributed by atoms with Gasteiger partial charge in [0.2, 0.25) is 0 Å². The van der Waals surface area contributed by atoms with Crippen LogP contribution in [0, 0.1) is 24.0 Å². The Balaban J connectivity index is 2.20. The number of nitrogens with zero attached hydrogens (tertiary/aromatic N) is 1. The number of para-hydroxylation sites is 1.